The Hall–Kier alpha value is -4.80. The van der Waals surface area contributed by atoms with E-state index < -0.39 is 9.85 Å². The summed E-state index contributed by atoms with van der Waals surface area (Å²) >= 11 is 0. The highest BCUT2D eigenvalue weighted by Gasteiger charge is 2.23. The van der Waals surface area contributed by atoms with Crippen molar-refractivity contribution in [2.45, 2.75) is 38.8 Å². The van der Waals surface area contributed by atoms with E-state index in [0.29, 0.717) is 34.8 Å². The minimum absolute atomic E-state index is 0.0431. The van der Waals surface area contributed by atoms with E-state index in [-0.39, 0.29) is 11.4 Å². The van der Waals surface area contributed by atoms with Gasteiger partial charge in [0.2, 0.25) is 0 Å². The van der Waals surface area contributed by atoms with Gasteiger partial charge in [0, 0.05) is 50.4 Å². The van der Waals surface area contributed by atoms with Crippen LogP contribution in [0.15, 0.2) is 97.1 Å². The number of ether oxygens (including phenoxy) is 2. The van der Waals surface area contributed by atoms with Crippen molar-refractivity contribution in [1.82, 2.24) is 9.80 Å². The summed E-state index contributed by atoms with van der Waals surface area (Å²) in [6, 6.07) is 28.2. The number of hydrogen-bond donors (Lipinski definition) is 0. The van der Waals surface area contributed by atoms with E-state index in [1.54, 1.807) is 24.3 Å². The van der Waals surface area contributed by atoms with Gasteiger partial charge in [0.25, 0.3) is 11.4 Å². The quantitative estimate of drug-likeness (QED) is 0.101. The Morgan fingerprint density at radius 2 is 0.826 bits per heavy atom. The van der Waals surface area contributed by atoms with Crippen molar-refractivity contribution in [1.29, 1.82) is 0 Å². The molecule has 1 aliphatic rings. The molecule has 10 nitrogen and oxygen atoms in total. The van der Waals surface area contributed by atoms with Crippen LogP contribution in [0.2, 0.25) is 0 Å². The summed E-state index contributed by atoms with van der Waals surface area (Å²) in [6.45, 7) is 3.91. The van der Waals surface area contributed by atoms with E-state index >= 15 is 0 Å². The fraction of sp³-hybridized carbons (Fsp3) is 0.333. The van der Waals surface area contributed by atoms with Crippen LogP contribution in [0.1, 0.15) is 36.8 Å². The number of nitrogens with zero attached hydrogens (tertiary/aromatic N) is 4. The number of nitro groups is 2. The molecule has 240 valence electrons. The standard InChI is InChI=1S/C36H40N4O6/c1-37(25-29-7-15-33(16-8-29)45-35-19-11-31(12-20-35)39(41)42)23-27-3-5-28(6-4-27)24-38(2)26-30-9-17-34(18-10-30)46-36-21-13-32(14-22-36)40(43)44/h7-22,27-28H,3-6,23-26H2,1-2H3/t27-,28-. The smallest absolute Gasteiger partial charge is 0.269 e. The normalized spacial score (nSPS) is 16.3. The summed E-state index contributed by atoms with van der Waals surface area (Å²) in [6.07, 6.45) is 5.00. The molecular weight excluding hydrogens is 584 g/mol. The third kappa shape index (κ3) is 9.60. The van der Waals surface area contributed by atoms with Crippen molar-refractivity contribution in [3.8, 4) is 23.0 Å². The highest BCUT2D eigenvalue weighted by atomic mass is 16.6. The van der Waals surface area contributed by atoms with Crippen molar-refractivity contribution >= 4 is 11.4 Å². The van der Waals surface area contributed by atoms with Crippen LogP contribution in [0.4, 0.5) is 11.4 Å². The summed E-state index contributed by atoms with van der Waals surface area (Å²) in [4.78, 5) is 25.6. The second kappa shape index (κ2) is 15.5. The molecule has 10 heteroatoms. The molecule has 0 heterocycles. The Morgan fingerprint density at radius 1 is 0.543 bits per heavy atom. The monoisotopic (exact) mass is 624 g/mol. The van der Waals surface area contributed by atoms with Crippen LogP contribution in [-0.4, -0.2) is 46.8 Å². The maximum atomic E-state index is 10.8. The van der Waals surface area contributed by atoms with Gasteiger partial charge in [0.15, 0.2) is 0 Å². The largest absolute Gasteiger partial charge is 0.457 e. The number of non-ortho nitro benzene ring substituents is 2. The first kappa shape index (κ1) is 32.6. The highest BCUT2D eigenvalue weighted by molar-refractivity contribution is 5.40. The maximum Gasteiger partial charge on any atom is 0.269 e. The third-order valence-corrected chi connectivity index (χ3v) is 8.42. The molecule has 0 spiro atoms. The van der Waals surface area contributed by atoms with Crippen LogP contribution in [0.3, 0.4) is 0 Å². The number of hydrogen-bond acceptors (Lipinski definition) is 8. The molecule has 0 aliphatic heterocycles. The molecule has 1 aliphatic carbocycles. The van der Waals surface area contributed by atoms with Gasteiger partial charge < -0.3 is 19.3 Å². The van der Waals surface area contributed by atoms with Gasteiger partial charge >= 0.3 is 0 Å². The van der Waals surface area contributed by atoms with Gasteiger partial charge in [-0.25, -0.2) is 0 Å². The first-order valence-electron chi connectivity index (χ1n) is 15.6. The van der Waals surface area contributed by atoms with Crippen molar-refractivity contribution in [3.05, 3.63) is 128 Å². The Kier molecular flexibility index (Phi) is 11.0. The Labute approximate surface area is 269 Å². The predicted molar refractivity (Wildman–Crippen MR) is 177 cm³/mol. The van der Waals surface area contributed by atoms with Crippen LogP contribution in [0.5, 0.6) is 23.0 Å². The molecule has 0 atom stereocenters. The second-order valence-corrected chi connectivity index (χ2v) is 12.3. The zero-order valence-electron chi connectivity index (χ0n) is 26.3. The molecule has 0 radical (unpaired) electrons. The molecule has 0 aromatic heterocycles. The van der Waals surface area contributed by atoms with Crippen molar-refractivity contribution < 1.29 is 19.3 Å². The number of rotatable bonds is 14. The molecule has 0 saturated heterocycles. The zero-order valence-corrected chi connectivity index (χ0v) is 26.3. The van der Waals surface area contributed by atoms with Gasteiger partial charge in [0.05, 0.1) is 9.85 Å². The lowest BCUT2D eigenvalue weighted by Gasteiger charge is -2.33. The van der Waals surface area contributed by atoms with E-state index in [9.17, 15) is 20.2 Å². The fourth-order valence-electron chi connectivity index (χ4n) is 6.10. The van der Waals surface area contributed by atoms with Gasteiger partial charge in [-0.15, -0.1) is 0 Å². The zero-order chi connectivity index (χ0) is 32.5. The van der Waals surface area contributed by atoms with Gasteiger partial charge in [-0.05, 0) is 111 Å². The van der Waals surface area contributed by atoms with E-state index in [1.807, 2.05) is 24.3 Å². The lowest BCUT2D eigenvalue weighted by atomic mass is 9.81. The van der Waals surface area contributed by atoms with Crippen molar-refractivity contribution in [2.75, 3.05) is 27.2 Å². The van der Waals surface area contributed by atoms with E-state index in [1.165, 1.54) is 61.1 Å². The molecule has 4 aromatic rings. The first-order valence-corrected chi connectivity index (χ1v) is 15.6. The van der Waals surface area contributed by atoms with Gasteiger partial charge in [-0.2, -0.15) is 0 Å². The molecule has 5 rings (SSSR count). The molecule has 0 N–H and O–H groups in total. The van der Waals surface area contributed by atoms with Crippen molar-refractivity contribution in [2.24, 2.45) is 11.8 Å². The van der Waals surface area contributed by atoms with Crippen LogP contribution < -0.4 is 9.47 Å². The molecule has 4 aromatic carbocycles. The lowest BCUT2D eigenvalue weighted by molar-refractivity contribution is -0.385. The molecule has 46 heavy (non-hydrogen) atoms. The van der Waals surface area contributed by atoms with Crippen LogP contribution in [-0.2, 0) is 13.1 Å². The SMILES string of the molecule is CN(Cc1ccc(Oc2ccc([N+](=O)[O-])cc2)cc1)C[C@H]1CC[C@H](CN(C)Cc2ccc(Oc3ccc([N+](=O)[O-])cc3)cc2)CC1. The molecule has 0 amide bonds. The van der Waals surface area contributed by atoms with E-state index in [2.05, 4.69) is 48.2 Å². The van der Waals surface area contributed by atoms with E-state index in [0.717, 1.165) is 26.2 Å². The summed E-state index contributed by atoms with van der Waals surface area (Å²) in [5.41, 5.74) is 2.53. The number of benzene rings is 4. The summed E-state index contributed by atoms with van der Waals surface area (Å²) in [5, 5.41) is 21.7. The summed E-state index contributed by atoms with van der Waals surface area (Å²) in [7, 11) is 4.37. The van der Waals surface area contributed by atoms with Crippen molar-refractivity contribution in [3.63, 3.8) is 0 Å². The maximum absolute atomic E-state index is 10.8. The van der Waals surface area contributed by atoms with Crippen LogP contribution >= 0.6 is 0 Å². The van der Waals surface area contributed by atoms with Gasteiger partial charge in [-0.1, -0.05) is 24.3 Å². The van der Waals surface area contributed by atoms with Gasteiger partial charge in [-0.3, -0.25) is 20.2 Å². The third-order valence-electron chi connectivity index (χ3n) is 8.42. The lowest BCUT2D eigenvalue weighted by Crippen LogP contribution is -2.32. The molecule has 0 unspecified atom stereocenters. The first-order chi connectivity index (χ1) is 22.2. The summed E-state index contributed by atoms with van der Waals surface area (Å²) < 4.78 is 11.7. The van der Waals surface area contributed by atoms with Crippen LogP contribution in [0.25, 0.3) is 0 Å². The molecule has 1 fully saturated rings. The Balaban J connectivity index is 0.991. The number of nitro benzene ring substituents is 2. The van der Waals surface area contributed by atoms with E-state index in [4.69, 9.17) is 9.47 Å². The van der Waals surface area contributed by atoms with Crippen LogP contribution in [0, 0.1) is 32.1 Å². The average Bonchev–Trinajstić information content (AvgIpc) is 3.04. The topological polar surface area (TPSA) is 111 Å². The highest BCUT2D eigenvalue weighted by Crippen LogP contribution is 2.31. The molecule has 0 bridgehead atoms. The molecular formula is C36H40N4O6. The Morgan fingerprint density at radius 3 is 1.11 bits per heavy atom. The molecule has 1 saturated carbocycles. The fourth-order valence-corrected chi connectivity index (χ4v) is 6.10. The summed E-state index contributed by atoms with van der Waals surface area (Å²) in [5.74, 6) is 3.96. The minimum atomic E-state index is -0.422. The van der Waals surface area contributed by atoms with Gasteiger partial charge in [0.1, 0.15) is 23.0 Å². The predicted octanol–water partition coefficient (Wildman–Crippen LogP) is 8.46. The Bertz CT molecular complexity index is 1450. The average molecular weight is 625 g/mol. The second-order valence-electron chi connectivity index (χ2n) is 12.3. The minimum Gasteiger partial charge on any atom is -0.457 e.